The summed E-state index contributed by atoms with van der Waals surface area (Å²) in [6, 6.07) is 9.33. The Kier molecular flexibility index (Phi) is 4.66. The maximum atomic E-state index is 12.7. The Balaban J connectivity index is 1.63. The van der Waals surface area contributed by atoms with Gasteiger partial charge in [0.2, 0.25) is 5.91 Å². The van der Waals surface area contributed by atoms with Crippen LogP contribution in [0.2, 0.25) is 0 Å². The predicted octanol–water partition coefficient (Wildman–Crippen LogP) is 1.63. The Morgan fingerprint density at radius 2 is 1.48 bits per heavy atom. The molecular weight excluding hydrogens is 290 g/mol. The van der Waals surface area contributed by atoms with E-state index in [-0.39, 0.29) is 11.8 Å². The molecule has 2 fully saturated rings. The number of hydrogen-bond donors (Lipinski definition) is 1. The van der Waals surface area contributed by atoms with Crippen molar-refractivity contribution >= 4 is 11.8 Å². The van der Waals surface area contributed by atoms with Crippen LogP contribution < -0.4 is 5.73 Å². The van der Waals surface area contributed by atoms with Crippen LogP contribution in [0.3, 0.4) is 0 Å². The largest absolute Gasteiger partial charge is 0.339 e. The second-order valence-corrected chi connectivity index (χ2v) is 6.67. The van der Waals surface area contributed by atoms with Crippen LogP contribution in [-0.2, 0) is 4.79 Å². The number of benzene rings is 1. The molecule has 2 N–H and O–H groups in total. The molecule has 23 heavy (non-hydrogen) atoms. The van der Waals surface area contributed by atoms with Gasteiger partial charge in [0.15, 0.2) is 0 Å². The number of carbonyl (C=O) groups excluding carboxylic acids is 2. The van der Waals surface area contributed by atoms with E-state index < -0.39 is 5.54 Å². The van der Waals surface area contributed by atoms with Gasteiger partial charge in [0, 0.05) is 31.7 Å². The lowest BCUT2D eigenvalue weighted by molar-refractivity contribution is -0.136. The number of hydrogen-bond acceptors (Lipinski definition) is 3. The Morgan fingerprint density at radius 3 is 2.17 bits per heavy atom. The van der Waals surface area contributed by atoms with Crippen molar-refractivity contribution in [3.05, 3.63) is 35.9 Å². The summed E-state index contributed by atoms with van der Waals surface area (Å²) in [6.45, 7) is 2.54. The smallest absolute Gasteiger partial charge is 0.253 e. The molecule has 1 aromatic carbocycles. The zero-order chi connectivity index (χ0) is 16.3. The van der Waals surface area contributed by atoms with Crippen molar-refractivity contribution in [3.8, 4) is 0 Å². The van der Waals surface area contributed by atoms with E-state index in [1.54, 1.807) is 0 Å². The van der Waals surface area contributed by atoms with Crippen molar-refractivity contribution in [2.24, 2.45) is 5.73 Å². The van der Waals surface area contributed by atoms with Gasteiger partial charge in [0.05, 0.1) is 5.54 Å². The number of carbonyl (C=O) groups is 2. The summed E-state index contributed by atoms with van der Waals surface area (Å²) in [4.78, 5) is 29.0. The summed E-state index contributed by atoms with van der Waals surface area (Å²) in [5.41, 5.74) is 6.34. The van der Waals surface area contributed by atoms with E-state index in [1.807, 2.05) is 40.1 Å². The zero-order valence-electron chi connectivity index (χ0n) is 13.5. The standard InChI is InChI=1S/C18H25N3O2/c19-18(9-4-5-10-18)17(23)21-12-6-11-20(13-14-21)16(22)15-7-2-1-3-8-15/h1-3,7-8H,4-6,9-14,19H2. The minimum atomic E-state index is -0.668. The molecule has 0 bridgehead atoms. The van der Waals surface area contributed by atoms with Crippen molar-refractivity contribution in [2.45, 2.75) is 37.6 Å². The second-order valence-electron chi connectivity index (χ2n) is 6.67. The molecule has 0 spiro atoms. The van der Waals surface area contributed by atoms with E-state index in [0.717, 1.165) is 32.1 Å². The van der Waals surface area contributed by atoms with Crippen LogP contribution in [0.15, 0.2) is 30.3 Å². The fourth-order valence-electron chi connectivity index (χ4n) is 3.62. The molecule has 1 saturated heterocycles. The zero-order valence-corrected chi connectivity index (χ0v) is 13.5. The van der Waals surface area contributed by atoms with E-state index in [4.69, 9.17) is 5.73 Å². The van der Waals surface area contributed by atoms with Crippen molar-refractivity contribution in [3.63, 3.8) is 0 Å². The first-order chi connectivity index (χ1) is 11.1. The number of rotatable bonds is 2. The van der Waals surface area contributed by atoms with Crippen molar-refractivity contribution in [1.82, 2.24) is 9.80 Å². The van der Waals surface area contributed by atoms with Crippen LogP contribution in [-0.4, -0.2) is 53.3 Å². The molecule has 1 heterocycles. The Bertz CT molecular complexity index is 567. The highest BCUT2D eigenvalue weighted by atomic mass is 16.2. The van der Waals surface area contributed by atoms with E-state index in [0.29, 0.717) is 31.7 Å². The number of nitrogens with two attached hydrogens (primary N) is 1. The maximum Gasteiger partial charge on any atom is 0.253 e. The highest BCUT2D eigenvalue weighted by molar-refractivity contribution is 5.94. The van der Waals surface area contributed by atoms with Crippen LogP contribution >= 0.6 is 0 Å². The topological polar surface area (TPSA) is 66.6 Å². The van der Waals surface area contributed by atoms with Gasteiger partial charge in [-0.05, 0) is 31.4 Å². The molecule has 1 aliphatic heterocycles. The molecule has 1 aromatic rings. The van der Waals surface area contributed by atoms with Gasteiger partial charge in [0.25, 0.3) is 5.91 Å². The lowest BCUT2D eigenvalue weighted by Gasteiger charge is -2.30. The molecule has 0 aromatic heterocycles. The van der Waals surface area contributed by atoms with Crippen LogP contribution in [0.4, 0.5) is 0 Å². The van der Waals surface area contributed by atoms with Crippen LogP contribution in [0, 0.1) is 0 Å². The van der Waals surface area contributed by atoms with Gasteiger partial charge in [-0.3, -0.25) is 9.59 Å². The number of amides is 2. The molecule has 124 valence electrons. The second kappa shape index (κ2) is 6.71. The van der Waals surface area contributed by atoms with Gasteiger partial charge >= 0.3 is 0 Å². The maximum absolute atomic E-state index is 12.7. The van der Waals surface area contributed by atoms with Crippen LogP contribution in [0.25, 0.3) is 0 Å². The molecule has 2 amide bonds. The summed E-state index contributed by atoms with van der Waals surface area (Å²) >= 11 is 0. The lowest BCUT2D eigenvalue weighted by Crippen LogP contribution is -2.54. The fourth-order valence-corrected chi connectivity index (χ4v) is 3.62. The summed E-state index contributed by atoms with van der Waals surface area (Å²) < 4.78 is 0. The molecule has 0 unspecified atom stereocenters. The van der Waals surface area contributed by atoms with E-state index in [2.05, 4.69) is 0 Å². The summed E-state index contributed by atoms with van der Waals surface area (Å²) in [5.74, 6) is 0.118. The third-order valence-corrected chi connectivity index (χ3v) is 5.01. The van der Waals surface area contributed by atoms with E-state index in [1.165, 1.54) is 0 Å². The van der Waals surface area contributed by atoms with Crippen molar-refractivity contribution in [2.75, 3.05) is 26.2 Å². The van der Waals surface area contributed by atoms with Gasteiger partial charge in [-0.2, -0.15) is 0 Å². The van der Waals surface area contributed by atoms with Crippen molar-refractivity contribution in [1.29, 1.82) is 0 Å². The number of nitrogens with zero attached hydrogens (tertiary/aromatic N) is 2. The Labute approximate surface area is 137 Å². The third kappa shape index (κ3) is 3.39. The third-order valence-electron chi connectivity index (χ3n) is 5.01. The molecule has 0 atom stereocenters. The van der Waals surface area contributed by atoms with Gasteiger partial charge < -0.3 is 15.5 Å². The summed E-state index contributed by atoms with van der Waals surface area (Å²) in [7, 11) is 0. The first-order valence-electron chi connectivity index (χ1n) is 8.53. The Hall–Kier alpha value is -1.88. The van der Waals surface area contributed by atoms with Crippen LogP contribution in [0.1, 0.15) is 42.5 Å². The van der Waals surface area contributed by atoms with E-state index >= 15 is 0 Å². The normalized spacial score (nSPS) is 21.1. The lowest BCUT2D eigenvalue weighted by atomic mass is 9.97. The molecule has 5 heteroatoms. The average Bonchev–Trinajstić information content (AvgIpc) is 2.89. The average molecular weight is 315 g/mol. The monoisotopic (exact) mass is 315 g/mol. The predicted molar refractivity (Wildman–Crippen MR) is 88.9 cm³/mol. The molecule has 5 nitrogen and oxygen atoms in total. The molecule has 3 rings (SSSR count). The van der Waals surface area contributed by atoms with Crippen molar-refractivity contribution < 1.29 is 9.59 Å². The minimum Gasteiger partial charge on any atom is -0.339 e. The molecular formula is C18H25N3O2. The minimum absolute atomic E-state index is 0.0447. The van der Waals surface area contributed by atoms with Gasteiger partial charge in [-0.25, -0.2) is 0 Å². The van der Waals surface area contributed by atoms with Crippen LogP contribution in [0.5, 0.6) is 0 Å². The summed E-state index contributed by atoms with van der Waals surface area (Å²) in [6.07, 6.45) is 4.45. The molecule has 1 aliphatic carbocycles. The molecule has 2 aliphatic rings. The van der Waals surface area contributed by atoms with E-state index in [9.17, 15) is 9.59 Å². The SMILES string of the molecule is NC1(C(=O)N2CCCN(C(=O)c3ccccc3)CC2)CCCC1. The first kappa shape index (κ1) is 16.0. The van der Waals surface area contributed by atoms with Gasteiger partial charge in [-0.1, -0.05) is 31.0 Å². The molecule has 1 saturated carbocycles. The van der Waals surface area contributed by atoms with Gasteiger partial charge in [0.1, 0.15) is 0 Å². The Morgan fingerprint density at radius 1 is 0.870 bits per heavy atom. The summed E-state index contributed by atoms with van der Waals surface area (Å²) in [5, 5.41) is 0. The van der Waals surface area contributed by atoms with Gasteiger partial charge in [-0.15, -0.1) is 0 Å². The highest BCUT2D eigenvalue weighted by Crippen LogP contribution is 2.29. The fraction of sp³-hybridized carbons (Fsp3) is 0.556. The quantitative estimate of drug-likeness (QED) is 0.902. The highest BCUT2D eigenvalue weighted by Gasteiger charge is 2.40. The molecule has 0 radical (unpaired) electrons. The first-order valence-corrected chi connectivity index (χ1v) is 8.53.